The molecule has 2 atom stereocenters. The molecular formula is C19H23NO6S2. The number of fused-ring (bicyclic) bond motifs is 1. The molecule has 0 fully saturated rings. The van der Waals surface area contributed by atoms with E-state index < -0.39 is 28.0 Å². The molecule has 1 aromatic heterocycles. The molecule has 0 aliphatic carbocycles. The van der Waals surface area contributed by atoms with Crippen LogP contribution >= 0.6 is 11.3 Å². The minimum Gasteiger partial charge on any atom is -0.497 e. The first-order valence-corrected chi connectivity index (χ1v) is 11.2. The molecule has 0 unspecified atom stereocenters. The molecule has 2 aromatic rings. The summed E-state index contributed by atoms with van der Waals surface area (Å²) in [6.45, 7) is 0.461. The minimum absolute atomic E-state index is 0.0512. The van der Waals surface area contributed by atoms with Gasteiger partial charge in [0.2, 0.25) is 10.0 Å². The lowest BCUT2D eigenvalue weighted by molar-refractivity contribution is -0.142. The lowest BCUT2D eigenvalue weighted by atomic mass is 9.89. The van der Waals surface area contributed by atoms with Crippen LogP contribution in [0.15, 0.2) is 40.6 Å². The normalized spacial score (nSPS) is 20.4. The van der Waals surface area contributed by atoms with Crippen molar-refractivity contribution >= 4 is 27.3 Å². The van der Waals surface area contributed by atoms with Crippen LogP contribution in [0.2, 0.25) is 0 Å². The molecule has 9 heteroatoms. The molecule has 152 valence electrons. The van der Waals surface area contributed by atoms with Gasteiger partial charge in [0.25, 0.3) is 0 Å². The number of methoxy groups -OCH3 is 2. The molecule has 7 nitrogen and oxygen atoms in total. The second-order valence-corrected chi connectivity index (χ2v) is 9.40. The number of carbonyl (C=O) groups is 1. The first-order chi connectivity index (χ1) is 13.4. The van der Waals surface area contributed by atoms with E-state index in [4.69, 9.17) is 9.47 Å². The van der Waals surface area contributed by atoms with Gasteiger partial charge in [-0.2, -0.15) is 4.31 Å². The van der Waals surface area contributed by atoms with Gasteiger partial charge in [0.15, 0.2) is 0 Å². The molecule has 0 amide bonds. The van der Waals surface area contributed by atoms with E-state index in [0.717, 1.165) is 14.7 Å². The molecule has 0 spiro atoms. The Balaban J connectivity index is 2.05. The van der Waals surface area contributed by atoms with Crippen molar-refractivity contribution in [3.8, 4) is 5.75 Å². The van der Waals surface area contributed by atoms with Crippen LogP contribution in [0.5, 0.6) is 5.75 Å². The molecule has 1 N–H and O–H groups in total. The number of rotatable bonds is 7. The largest absolute Gasteiger partial charge is 0.497 e. The van der Waals surface area contributed by atoms with Crippen molar-refractivity contribution in [1.29, 1.82) is 0 Å². The maximum Gasteiger partial charge on any atom is 0.322 e. The molecule has 1 aromatic carbocycles. The van der Waals surface area contributed by atoms with Gasteiger partial charge < -0.3 is 14.6 Å². The summed E-state index contributed by atoms with van der Waals surface area (Å²) in [5.41, 5.74) is 0.905. The summed E-state index contributed by atoms with van der Waals surface area (Å²) in [5.74, 6) is -1.10. The van der Waals surface area contributed by atoms with Gasteiger partial charge in [-0.05, 0) is 54.1 Å². The average molecular weight is 426 g/mol. The Morgan fingerprint density at radius 1 is 1.25 bits per heavy atom. The molecule has 0 saturated heterocycles. The second-order valence-electron chi connectivity index (χ2n) is 6.51. The van der Waals surface area contributed by atoms with Crippen LogP contribution in [0, 0.1) is 0 Å². The number of sulfonamides is 1. The van der Waals surface area contributed by atoms with Crippen LogP contribution in [0.1, 0.15) is 22.8 Å². The van der Waals surface area contributed by atoms with E-state index in [0.29, 0.717) is 25.2 Å². The third-order valence-electron chi connectivity index (χ3n) is 4.98. The summed E-state index contributed by atoms with van der Waals surface area (Å²) in [7, 11) is -0.951. The monoisotopic (exact) mass is 425 g/mol. The van der Waals surface area contributed by atoms with Gasteiger partial charge in [0, 0.05) is 31.1 Å². The van der Waals surface area contributed by atoms with E-state index in [-0.39, 0.29) is 11.4 Å². The summed E-state index contributed by atoms with van der Waals surface area (Å²) in [5, 5.41) is 11.9. The van der Waals surface area contributed by atoms with Crippen molar-refractivity contribution in [3.05, 3.63) is 46.2 Å². The zero-order valence-corrected chi connectivity index (χ0v) is 17.3. The Labute approximate surface area is 168 Å². The van der Waals surface area contributed by atoms with Crippen molar-refractivity contribution in [1.82, 2.24) is 4.31 Å². The van der Waals surface area contributed by atoms with Crippen LogP contribution in [-0.2, 0) is 26.0 Å². The topological polar surface area (TPSA) is 93.1 Å². The summed E-state index contributed by atoms with van der Waals surface area (Å²) < 4.78 is 38.1. The van der Waals surface area contributed by atoms with Crippen molar-refractivity contribution in [2.24, 2.45) is 0 Å². The predicted octanol–water partition coefficient (Wildman–Crippen LogP) is 2.58. The Bertz CT molecular complexity index is 922. The van der Waals surface area contributed by atoms with Gasteiger partial charge in [-0.1, -0.05) is 0 Å². The molecule has 28 heavy (non-hydrogen) atoms. The SMILES string of the molecule is COCC[C@@H]1c2ccsc2CCN(S(=O)(=O)c2ccc(OC)cc2)[C@H]1C(=O)O. The van der Waals surface area contributed by atoms with Crippen LogP contribution in [0.3, 0.4) is 0 Å². The zero-order valence-electron chi connectivity index (χ0n) is 15.7. The quantitative estimate of drug-likeness (QED) is 0.733. The molecule has 0 bridgehead atoms. The molecule has 2 heterocycles. The minimum atomic E-state index is -4.00. The first kappa shape index (κ1) is 20.8. The van der Waals surface area contributed by atoms with Gasteiger partial charge in [0.1, 0.15) is 11.8 Å². The molecule has 0 saturated carbocycles. The third kappa shape index (κ3) is 3.93. The number of nitrogens with zero attached hydrogens (tertiary/aromatic N) is 1. The molecule has 1 aliphatic heterocycles. The maximum absolute atomic E-state index is 13.3. The van der Waals surface area contributed by atoms with Crippen molar-refractivity contribution in [3.63, 3.8) is 0 Å². The van der Waals surface area contributed by atoms with E-state index in [1.165, 1.54) is 30.6 Å². The number of hydrogen-bond acceptors (Lipinski definition) is 6. The number of carboxylic acids is 1. The van der Waals surface area contributed by atoms with Crippen molar-refractivity contribution in [2.75, 3.05) is 27.4 Å². The zero-order chi connectivity index (χ0) is 20.3. The van der Waals surface area contributed by atoms with Gasteiger partial charge in [-0.3, -0.25) is 4.79 Å². The summed E-state index contributed by atoms with van der Waals surface area (Å²) in [6, 6.07) is 6.70. The van der Waals surface area contributed by atoms with Crippen LogP contribution in [0.25, 0.3) is 0 Å². The van der Waals surface area contributed by atoms with Gasteiger partial charge in [-0.15, -0.1) is 11.3 Å². The standard InChI is InChI=1S/C19H23NO6S2/c1-25-11-8-16-15-9-12-27-17(15)7-10-20(18(16)19(21)22)28(23,24)14-5-3-13(26-2)4-6-14/h3-6,9,12,16,18H,7-8,10-11H2,1-2H3,(H,21,22)/t16-,18-/m1/s1. The van der Waals surface area contributed by atoms with Crippen LogP contribution < -0.4 is 4.74 Å². The lowest BCUT2D eigenvalue weighted by Gasteiger charge is -2.31. The summed E-state index contributed by atoms with van der Waals surface area (Å²) >= 11 is 1.53. The average Bonchev–Trinajstić information content (AvgIpc) is 3.08. The number of ether oxygens (including phenoxy) is 2. The predicted molar refractivity (Wildman–Crippen MR) is 106 cm³/mol. The third-order valence-corrected chi connectivity index (χ3v) is 7.87. The summed E-state index contributed by atoms with van der Waals surface area (Å²) in [4.78, 5) is 13.3. The number of aliphatic carboxylic acids is 1. The fourth-order valence-corrected chi connectivity index (χ4v) is 6.17. The number of benzene rings is 1. The first-order valence-electron chi connectivity index (χ1n) is 8.84. The maximum atomic E-state index is 13.3. The Morgan fingerprint density at radius 2 is 1.96 bits per heavy atom. The van der Waals surface area contributed by atoms with E-state index in [1.807, 2.05) is 11.4 Å². The van der Waals surface area contributed by atoms with Crippen LogP contribution in [0.4, 0.5) is 0 Å². The van der Waals surface area contributed by atoms with Gasteiger partial charge in [0.05, 0.1) is 12.0 Å². The van der Waals surface area contributed by atoms with Crippen molar-refractivity contribution < 1.29 is 27.8 Å². The Morgan fingerprint density at radius 3 is 2.57 bits per heavy atom. The highest BCUT2D eigenvalue weighted by molar-refractivity contribution is 7.89. The highest BCUT2D eigenvalue weighted by Gasteiger charge is 2.44. The van der Waals surface area contributed by atoms with E-state index in [1.54, 1.807) is 19.2 Å². The van der Waals surface area contributed by atoms with Crippen molar-refractivity contribution in [2.45, 2.75) is 29.7 Å². The summed E-state index contributed by atoms with van der Waals surface area (Å²) in [6.07, 6.45) is 0.904. The van der Waals surface area contributed by atoms with Gasteiger partial charge in [-0.25, -0.2) is 8.42 Å². The van der Waals surface area contributed by atoms with Crippen LogP contribution in [-0.4, -0.2) is 57.2 Å². The fourth-order valence-electron chi connectivity index (χ4n) is 3.61. The Hall–Kier alpha value is -1.94. The highest BCUT2D eigenvalue weighted by atomic mass is 32.2. The number of thiophene rings is 1. The molecule has 3 rings (SSSR count). The fraction of sp³-hybridized carbons (Fsp3) is 0.421. The smallest absolute Gasteiger partial charge is 0.322 e. The van der Waals surface area contributed by atoms with E-state index in [9.17, 15) is 18.3 Å². The van der Waals surface area contributed by atoms with E-state index in [2.05, 4.69) is 0 Å². The molecular weight excluding hydrogens is 402 g/mol. The molecule has 1 aliphatic rings. The molecule has 0 radical (unpaired) electrons. The second kappa shape index (κ2) is 8.60. The number of hydrogen-bond donors (Lipinski definition) is 1. The van der Waals surface area contributed by atoms with Gasteiger partial charge >= 0.3 is 5.97 Å². The highest BCUT2D eigenvalue weighted by Crippen LogP contribution is 2.38. The lowest BCUT2D eigenvalue weighted by Crippen LogP contribution is -2.48. The number of carboxylic acid groups (broad SMARTS) is 1. The Kier molecular flexibility index (Phi) is 6.39. The van der Waals surface area contributed by atoms with E-state index >= 15 is 0 Å².